The second-order valence-corrected chi connectivity index (χ2v) is 4.87. The van der Waals surface area contributed by atoms with E-state index in [1.807, 2.05) is 0 Å². The normalized spacial score (nSPS) is 9.92. The van der Waals surface area contributed by atoms with E-state index in [0.717, 1.165) is 0 Å². The van der Waals surface area contributed by atoms with E-state index in [0.29, 0.717) is 5.69 Å². The topological polar surface area (TPSA) is 97.4 Å². The van der Waals surface area contributed by atoms with E-state index in [9.17, 15) is 14.4 Å². The van der Waals surface area contributed by atoms with Gasteiger partial charge in [-0.25, -0.2) is 9.78 Å². The van der Waals surface area contributed by atoms with Crippen LogP contribution in [0.5, 0.6) is 0 Å². The average Bonchev–Trinajstić information content (AvgIpc) is 2.57. The van der Waals surface area contributed by atoms with E-state index in [4.69, 9.17) is 11.6 Å². The second-order valence-electron chi connectivity index (χ2n) is 4.52. The maximum Gasteiger partial charge on any atom is 0.397 e. The lowest BCUT2D eigenvalue weighted by Crippen LogP contribution is -2.26. The number of esters is 1. The van der Waals surface area contributed by atoms with E-state index in [2.05, 4.69) is 20.4 Å². The van der Waals surface area contributed by atoms with Crippen molar-refractivity contribution in [1.29, 1.82) is 0 Å². The number of anilines is 2. The smallest absolute Gasteiger partial charge is 0.397 e. The minimum absolute atomic E-state index is 0.0773. The number of rotatable bonds is 4. The number of hydrogen-bond donors (Lipinski definition) is 2. The molecule has 1 aromatic heterocycles. The molecule has 124 valence electrons. The Morgan fingerprint density at radius 3 is 2.50 bits per heavy atom. The van der Waals surface area contributed by atoms with Gasteiger partial charge in [-0.15, -0.1) is 0 Å². The summed E-state index contributed by atoms with van der Waals surface area (Å²) in [5, 5.41) is 5.09. The fraction of sp³-hybridized carbons (Fsp3) is 0.125. The summed E-state index contributed by atoms with van der Waals surface area (Å²) in [6, 6.07) is 9.45. The Balaban J connectivity index is 2.19. The first kappa shape index (κ1) is 17.4. The number of para-hydroxylation sites is 1. The van der Waals surface area contributed by atoms with Crippen molar-refractivity contribution in [3.63, 3.8) is 0 Å². The lowest BCUT2D eigenvalue weighted by atomic mass is 10.1. The van der Waals surface area contributed by atoms with Crippen molar-refractivity contribution < 1.29 is 19.1 Å². The summed E-state index contributed by atoms with van der Waals surface area (Å²) in [5.74, 6) is -2.50. The van der Waals surface area contributed by atoms with Crippen molar-refractivity contribution in [2.24, 2.45) is 0 Å². The van der Waals surface area contributed by atoms with Crippen LogP contribution >= 0.6 is 11.6 Å². The largest absolute Gasteiger partial charge is 0.459 e. The standard InChI is InChI=1S/C16H14ClN3O4/c1-2-24-16(23)15(22)19-11-7-4-3-6-10(11)14(21)20-12-8-5-9-18-13(12)17/h3-9H,2H2,1H3,(H,19,22)(H,20,21). The van der Waals surface area contributed by atoms with Crippen molar-refractivity contribution >= 4 is 40.8 Å². The Morgan fingerprint density at radius 2 is 1.79 bits per heavy atom. The highest BCUT2D eigenvalue weighted by Crippen LogP contribution is 2.21. The summed E-state index contributed by atoms with van der Waals surface area (Å²) in [6.45, 7) is 1.66. The number of amides is 2. The quantitative estimate of drug-likeness (QED) is 0.503. The SMILES string of the molecule is CCOC(=O)C(=O)Nc1ccccc1C(=O)Nc1cccnc1Cl. The summed E-state index contributed by atoms with van der Waals surface area (Å²) < 4.78 is 4.61. The van der Waals surface area contributed by atoms with Crippen LogP contribution in [0.2, 0.25) is 5.15 Å². The number of pyridine rings is 1. The fourth-order valence-electron chi connectivity index (χ4n) is 1.83. The Labute approximate surface area is 143 Å². The van der Waals surface area contributed by atoms with E-state index >= 15 is 0 Å². The number of nitrogens with one attached hydrogen (secondary N) is 2. The highest BCUT2D eigenvalue weighted by atomic mass is 35.5. The van der Waals surface area contributed by atoms with Crippen LogP contribution in [0.15, 0.2) is 42.6 Å². The number of benzene rings is 1. The molecule has 0 saturated heterocycles. The van der Waals surface area contributed by atoms with Crippen LogP contribution in [0.3, 0.4) is 0 Å². The predicted molar refractivity (Wildman–Crippen MR) is 88.9 cm³/mol. The average molecular weight is 348 g/mol. The molecule has 0 aliphatic heterocycles. The van der Waals surface area contributed by atoms with Crippen LogP contribution in [0.4, 0.5) is 11.4 Å². The van der Waals surface area contributed by atoms with Gasteiger partial charge in [0.1, 0.15) is 0 Å². The maximum absolute atomic E-state index is 12.4. The molecule has 0 bridgehead atoms. The van der Waals surface area contributed by atoms with Gasteiger partial charge in [-0.1, -0.05) is 23.7 Å². The molecular formula is C16H14ClN3O4. The molecule has 0 saturated carbocycles. The van der Waals surface area contributed by atoms with Gasteiger partial charge in [0.15, 0.2) is 5.15 Å². The molecular weight excluding hydrogens is 334 g/mol. The molecule has 24 heavy (non-hydrogen) atoms. The Hall–Kier alpha value is -2.93. The zero-order valence-electron chi connectivity index (χ0n) is 12.7. The Bertz CT molecular complexity index is 779. The summed E-state index contributed by atoms with van der Waals surface area (Å²) in [6.07, 6.45) is 1.49. The molecule has 0 spiro atoms. The van der Waals surface area contributed by atoms with Gasteiger partial charge in [0.25, 0.3) is 5.91 Å². The molecule has 2 N–H and O–H groups in total. The molecule has 1 heterocycles. The third kappa shape index (κ3) is 4.30. The van der Waals surface area contributed by atoms with Crippen molar-refractivity contribution in [2.45, 2.75) is 6.92 Å². The van der Waals surface area contributed by atoms with Gasteiger partial charge >= 0.3 is 11.9 Å². The van der Waals surface area contributed by atoms with Gasteiger partial charge in [-0.05, 0) is 31.2 Å². The number of carbonyl (C=O) groups excluding carboxylic acids is 3. The highest BCUT2D eigenvalue weighted by molar-refractivity contribution is 6.38. The molecule has 7 nitrogen and oxygen atoms in total. The summed E-state index contributed by atoms with van der Waals surface area (Å²) in [7, 11) is 0. The van der Waals surface area contributed by atoms with Crippen LogP contribution in [-0.4, -0.2) is 29.4 Å². The molecule has 1 aromatic carbocycles. The van der Waals surface area contributed by atoms with Gasteiger partial charge in [-0.3, -0.25) is 9.59 Å². The molecule has 0 aliphatic rings. The van der Waals surface area contributed by atoms with Crippen LogP contribution in [0, 0.1) is 0 Å². The number of nitrogens with zero attached hydrogens (tertiary/aromatic N) is 1. The van der Waals surface area contributed by atoms with E-state index in [1.165, 1.54) is 18.3 Å². The lowest BCUT2D eigenvalue weighted by molar-refractivity contribution is -0.152. The monoisotopic (exact) mass is 347 g/mol. The van der Waals surface area contributed by atoms with E-state index in [-0.39, 0.29) is 23.0 Å². The molecule has 0 aliphatic carbocycles. The fourth-order valence-corrected chi connectivity index (χ4v) is 2.00. The summed E-state index contributed by atoms with van der Waals surface area (Å²) >= 11 is 5.90. The molecule has 2 aromatic rings. The highest BCUT2D eigenvalue weighted by Gasteiger charge is 2.19. The van der Waals surface area contributed by atoms with Crippen LogP contribution in [0.1, 0.15) is 17.3 Å². The van der Waals surface area contributed by atoms with Gasteiger partial charge in [0.2, 0.25) is 0 Å². The first-order valence-electron chi connectivity index (χ1n) is 7.02. The van der Waals surface area contributed by atoms with Crippen molar-refractivity contribution in [1.82, 2.24) is 4.98 Å². The number of aromatic nitrogens is 1. The van der Waals surface area contributed by atoms with Gasteiger partial charge in [0, 0.05) is 6.20 Å². The van der Waals surface area contributed by atoms with Crippen LogP contribution < -0.4 is 10.6 Å². The number of hydrogen-bond acceptors (Lipinski definition) is 5. The van der Waals surface area contributed by atoms with E-state index < -0.39 is 17.8 Å². The zero-order chi connectivity index (χ0) is 17.5. The van der Waals surface area contributed by atoms with Crippen LogP contribution in [0.25, 0.3) is 0 Å². The first-order valence-corrected chi connectivity index (χ1v) is 7.39. The second kappa shape index (κ2) is 8.07. The molecule has 2 amide bonds. The van der Waals surface area contributed by atoms with Gasteiger partial charge in [-0.2, -0.15) is 0 Å². The van der Waals surface area contributed by atoms with Crippen molar-refractivity contribution in [3.05, 3.63) is 53.3 Å². The predicted octanol–water partition coefficient (Wildman–Crippen LogP) is 2.49. The van der Waals surface area contributed by atoms with Gasteiger partial charge < -0.3 is 15.4 Å². The lowest BCUT2D eigenvalue weighted by Gasteiger charge is -2.11. The molecule has 0 radical (unpaired) electrons. The Morgan fingerprint density at radius 1 is 1.08 bits per heavy atom. The van der Waals surface area contributed by atoms with Crippen molar-refractivity contribution in [3.8, 4) is 0 Å². The number of carbonyl (C=O) groups is 3. The minimum Gasteiger partial charge on any atom is -0.459 e. The van der Waals surface area contributed by atoms with Gasteiger partial charge in [0.05, 0.1) is 23.5 Å². The Kier molecular flexibility index (Phi) is 5.86. The number of ether oxygens (including phenoxy) is 1. The first-order chi connectivity index (χ1) is 11.5. The molecule has 2 rings (SSSR count). The minimum atomic E-state index is -1.02. The molecule has 8 heteroatoms. The van der Waals surface area contributed by atoms with E-state index in [1.54, 1.807) is 31.2 Å². The summed E-state index contributed by atoms with van der Waals surface area (Å²) in [4.78, 5) is 39.4. The molecule has 0 fully saturated rings. The number of halogens is 1. The van der Waals surface area contributed by atoms with Crippen LogP contribution in [-0.2, 0) is 14.3 Å². The molecule has 0 unspecified atom stereocenters. The molecule has 0 atom stereocenters. The zero-order valence-corrected chi connectivity index (χ0v) is 13.5. The maximum atomic E-state index is 12.4. The third-order valence-corrected chi connectivity index (χ3v) is 3.19. The third-order valence-electron chi connectivity index (χ3n) is 2.89. The van der Waals surface area contributed by atoms with Crippen molar-refractivity contribution in [2.75, 3.05) is 17.2 Å². The summed E-state index contributed by atoms with van der Waals surface area (Å²) in [5.41, 5.74) is 0.666.